The molecule has 0 saturated heterocycles. The van der Waals surface area contributed by atoms with Crippen LogP contribution in [0.3, 0.4) is 0 Å². The quantitative estimate of drug-likeness (QED) is 0.135. The molecule has 0 saturated carbocycles. The molecular formula is C29H22F3N3O6. The van der Waals surface area contributed by atoms with Gasteiger partial charge in [0, 0.05) is 22.4 Å². The number of alkyl halides is 3. The number of nitrogen functional groups attached to an aromatic ring is 1. The second-order valence-corrected chi connectivity index (χ2v) is 8.26. The molecule has 0 bridgehead atoms. The van der Waals surface area contributed by atoms with Gasteiger partial charge in [0.2, 0.25) is 0 Å². The summed E-state index contributed by atoms with van der Waals surface area (Å²) in [4.78, 5) is 33.0. The van der Waals surface area contributed by atoms with Crippen LogP contribution in [0.1, 0.15) is 26.3 Å². The van der Waals surface area contributed by atoms with Crippen molar-refractivity contribution in [3.63, 3.8) is 0 Å². The molecule has 12 heteroatoms. The lowest BCUT2D eigenvalue weighted by Crippen LogP contribution is -2.21. The minimum Gasteiger partial charge on any atom is -0.478 e. The number of halogens is 3. The fraction of sp³-hybridized carbons (Fsp3) is 0.0345. The Hall–Kier alpha value is -5.65. The minimum atomic E-state index is -5.08. The van der Waals surface area contributed by atoms with Crippen LogP contribution >= 0.6 is 0 Å². The number of nitrogens with two attached hydrogens (primary N) is 1. The van der Waals surface area contributed by atoms with Gasteiger partial charge >= 0.3 is 18.1 Å². The largest absolute Gasteiger partial charge is 0.490 e. The average Bonchev–Trinajstić information content (AvgIpc) is 2.94. The van der Waals surface area contributed by atoms with Gasteiger partial charge in [0.15, 0.2) is 0 Å². The van der Waals surface area contributed by atoms with Gasteiger partial charge in [0.05, 0.1) is 5.56 Å². The number of aliphatic carboxylic acids is 1. The van der Waals surface area contributed by atoms with Gasteiger partial charge in [-0.1, -0.05) is 30.3 Å². The lowest BCUT2D eigenvalue weighted by molar-refractivity contribution is -0.192. The average molecular weight is 566 g/mol. The maximum absolute atomic E-state index is 12.6. The Morgan fingerprint density at radius 2 is 1.39 bits per heavy atom. The lowest BCUT2D eigenvalue weighted by atomic mass is 10.0. The fourth-order valence-corrected chi connectivity index (χ4v) is 3.36. The molecule has 0 fully saturated rings. The van der Waals surface area contributed by atoms with Crippen LogP contribution in [-0.2, 0) is 4.79 Å². The van der Waals surface area contributed by atoms with E-state index in [1.54, 1.807) is 84.9 Å². The smallest absolute Gasteiger partial charge is 0.478 e. The summed E-state index contributed by atoms with van der Waals surface area (Å²) in [6.45, 7) is 0. The van der Waals surface area contributed by atoms with E-state index in [9.17, 15) is 27.9 Å². The molecule has 1 amide bonds. The van der Waals surface area contributed by atoms with Gasteiger partial charge in [0.25, 0.3) is 5.91 Å². The van der Waals surface area contributed by atoms with Crippen molar-refractivity contribution in [2.24, 2.45) is 5.73 Å². The van der Waals surface area contributed by atoms with Crippen molar-refractivity contribution < 1.29 is 42.5 Å². The number of carboxylic acid groups (broad SMARTS) is 2. The third-order valence-electron chi connectivity index (χ3n) is 5.33. The van der Waals surface area contributed by atoms with Crippen LogP contribution in [0.2, 0.25) is 0 Å². The van der Waals surface area contributed by atoms with Crippen molar-refractivity contribution in [3.8, 4) is 22.6 Å². The highest BCUT2D eigenvalue weighted by Crippen LogP contribution is 2.36. The molecule has 0 spiro atoms. The van der Waals surface area contributed by atoms with Gasteiger partial charge in [0.1, 0.15) is 17.3 Å². The molecular weight excluding hydrogens is 543 g/mol. The summed E-state index contributed by atoms with van der Waals surface area (Å²) in [6.07, 6.45) is -5.08. The fourth-order valence-electron chi connectivity index (χ4n) is 3.36. The minimum absolute atomic E-state index is 0.0452. The van der Waals surface area contributed by atoms with Gasteiger partial charge in [-0.15, -0.1) is 0 Å². The van der Waals surface area contributed by atoms with Crippen LogP contribution in [0.4, 0.5) is 18.9 Å². The van der Waals surface area contributed by atoms with Gasteiger partial charge in [-0.3, -0.25) is 10.2 Å². The Kier molecular flexibility index (Phi) is 9.43. The van der Waals surface area contributed by atoms with E-state index < -0.39 is 18.1 Å². The normalized spacial score (nSPS) is 10.5. The van der Waals surface area contributed by atoms with Crippen LogP contribution in [0.25, 0.3) is 11.1 Å². The number of ether oxygens (including phenoxy) is 1. The highest BCUT2D eigenvalue weighted by molar-refractivity contribution is 6.04. The number of anilines is 1. The van der Waals surface area contributed by atoms with E-state index in [0.717, 1.165) is 0 Å². The first kappa shape index (κ1) is 29.9. The molecule has 0 aliphatic carbocycles. The summed E-state index contributed by atoms with van der Waals surface area (Å²) in [5, 5.41) is 26.9. The Labute approximate surface area is 231 Å². The number of carboxylic acids is 2. The number of amidine groups is 1. The van der Waals surface area contributed by atoms with E-state index in [4.69, 9.17) is 25.8 Å². The van der Waals surface area contributed by atoms with E-state index in [1.165, 1.54) is 6.07 Å². The Bertz CT molecular complexity index is 1570. The second-order valence-electron chi connectivity index (χ2n) is 8.26. The van der Waals surface area contributed by atoms with Crippen molar-refractivity contribution in [2.45, 2.75) is 6.18 Å². The van der Waals surface area contributed by atoms with E-state index in [2.05, 4.69) is 5.32 Å². The van der Waals surface area contributed by atoms with Crippen LogP contribution in [0, 0.1) is 5.41 Å². The summed E-state index contributed by atoms with van der Waals surface area (Å²) in [6, 6.07) is 27.2. The number of benzene rings is 4. The first-order valence-corrected chi connectivity index (χ1v) is 11.6. The van der Waals surface area contributed by atoms with Crippen LogP contribution < -0.4 is 15.8 Å². The summed E-state index contributed by atoms with van der Waals surface area (Å²) in [5.74, 6) is -3.13. The number of hydrogen-bond donors (Lipinski definition) is 5. The number of rotatable bonds is 7. The highest BCUT2D eigenvalue weighted by Gasteiger charge is 2.38. The molecule has 41 heavy (non-hydrogen) atoms. The number of aromatic carboxylic acids is 1. The van der Waals surface area contributed by atoms with Gasteiger partial charge < -0.3 is 26.0 Å². The molecule has 0 atom stereocenters. The van der Waals surface area contributed by atoms with Gasteiger partial charge in [-0.05, 0) is 72.3 Å². The molecule has 0 heterocycles. The molecule has 9 nitrogen and oxygen atoms in total. The topological polar surface area (TPSA) is 163 Å². The van der Waals surface area contributed by atoms with Crippen LogP contribution in [0.15, 0.2) is 97.1 Å². The van der Waals surface area contributed by atoms with Gasteiger partial charge in [-0.25, -0.2) is 9.59 Å². The molecule has 6 N–H and O–H groups in total. The van der Waals surface area contributed by atoms with Crippen LogP contribution in [0.5, 0.6) is 11.5 Å². The number of hydrogen-bond acceptors (Lipinski definition) is 5. The first-order valence-electron chi connectivity index (χ1n) is 11.6. The monoisotopic (exact) mass is 565 g/mol. The third kappa shape index (κ3) is 8.42. The van der Waals surface area contributed by atoms with Crippen molar-refractivity contribution in [3.05, 3.63) is 114 Å². The number of carbonyl (C=O) groups excluding carboxylic acids is 1. The molecule has 0 aliphatic rings. The van der Waals surface area contributed by atoms with Gasteiger partial charge in [-0.2, -0.15) is 13.2 Å². The molecule has 4 aromatic carbocycles. The van der Waals surface area contributed by atoms with Crippen LogP contribution in [-0.4, -0.2) is 40.1 Å². The van der Waals surface area contributed by atoms with E-state index in [0.29, 0.717) is 39.4 Å². The van der Waals surface area contributed by atoms with Crippen molar-refractivity contribution >= 4 is 29.4 Å². The first-order chi connectivity index (χ1) is 19.3. The predicted molar refractivity (Wildman–Crippen MR) is 144 cm³/mol. The second kappa shape index (κ2) is 12.9. The zero-order valence-corrected chi connectivity index (χ0v) is 21.0. The summed E-state index contributed by atoms with van der Waals surface area (Å²) < 4.78 is 37.8. The summed E-state index contributed by atoms with van der Waals surface area (Å²) in [5.41, 5.74) is 8.48. The third-order valence-corrected chi connectivity index (χ3v) is 5.33. The van der Waals surface area contributed by atoms with Crippen molar-refractivity contribution in [2.75, 3.05) is 5.32 Å². The maximum atomic E-state index is 12.6. The SMILES string of the molecule is N=C(N)c1ccc(Oc2ccc(NC(=O)c3ccccc3)cc2-c2cccc(C(=O)O)c2)cc1.O=C(O)C(F)(F)F. The maximum Gasteiger partial charge on any atom is 0.490 e. The molecule has 0 radical (unpaired) electrons. The lowest BCUT2D eigenvalue weighted by Gasteiger charge is -2.15. The molecule has 0 aromatic heterocycles. The van der Waals surface area contributed by atoms with E-state index in [1.807, 2.05) is 6.07 Å². The highest BCUT2D eigenvalue weighted by atomic mass is 19.4. The van der Waals surface area contributed by atoms with Crippen molar-refractivity contribution in [1.82, 2.24) is 0 Å². The number of carbonyl (C=O) groups is 3. The Balaban J connectivity index is 0.000000587. The van der Waals surface area contributed by atoms with Crippen molar-refractivity contribution in [1.29, 1.82) is 5.41 Å². The summed E-state index contributed by atoms with van der Waals surface area (Å²) in [7, 11) is 0. The predicted octanol–water partition coefficient (Wildman–Crippen LogP) is 6.01. The molecule has 4 rings (SSSR count). The standard InChI is InChI=1S/C27H21N3O4.C2HF3O2/c28-25(29)17-9-12-22(13-10-17)34-24-14-11-21(30-26(31)18-5-2-1-3-6-18)16-23(24)19-7-4-8-20(15-19)27(32)33;3-2(4,5)1(6)7/h1-16H,(H3,28,29)(H,30,31)(H,32,33);(H,6,7). The summed E-state index contributed by atoms with van der Waals surface area (Å²) >= 11 is 0. The number of amides is 1. The zero-order chi connectivity index (χ0) is 30.2. The van der Waals surface area contributed by atoms with E-state index >= 15 is 0 Å². The van der Waals surface area contributed by atoms with E-state index in [-0.39, 0.29) is 17.3 Å². The zero-order valence-electron chi connectivity index (χ0n) is 21.0. The Morgan fingerprint density at radius 1 is 0.780 bits per heavy atom. The number of nitrogens with one attached hydrogen (secondary N) is 2. The molecule has 0 aliphatic heterocycles. The Morgan fingerprint density at radius 3 is 1.95 bits per heavy atom. The molecule has 210 valence electrons. The molecule has 4 aromatic rings. The molecule has 0 unspecified atom stereocenters.